The van der Waals surface area contributed by atoms with Crippen molar-refractivity contribution in [2.24, 2.45) is 5.73 Å². The fourth-order valence-electron chi connectivity index (χ4n) is 1.40. The van der Waals surface area contributed by atoms with E-state index in [4.69, 9.17) is 5.73 Å². The molecule has 0 unspecified atom stereocenters. The molecule has 2 aromatic rings. The first-order valence-electron chi connectivity index (χ1n) is 5.47. The van der Waals surface area contributed by atoms with Gasteiger partial charge in [-0.15, -0.1) is 0 Å². The normalized spacial score (nSPS) is 11.6. The maximum atomic E-state index is 12.7. The first-order valence-corrected chi connectivity index (χ1v) is 7.08. The van der Waals surface area contributed by atoms with Crippen molar-refractivity contribution in [2.45, 2.75) is 6.54 Å². The van der Waals surface area contributed by atoms with E-state index >= 15 is 0 Å². The van der Waals surface area contributed by atoms with Crippen LogP contribution < -0.4 is 11.4 Å². The molecule has 0 radical (unpaired) electrons. The van der Waals surface area contributed by atoms with Crippen molar-refractivity contribution in [3.05, 3.63) is 38.7 Å². The van der Waals surface area contributed by atoms with Gasteiger partial charge in [0.1, 0.15) is 12.9 Å². The molecule has 2 rings (SSSR count). The molecule has 2 heterocycles. The van der Waals surface area contributed by atoms with Crippen LogP contribution in [0, 0.1) is 0 Å². The highest BCUT2D eigenvalue weighted by atomic mass is 79.9. The molecule has 0 aromatic carbocycles. The molecule has 0 atom stereocenters. The van der Waals surface area contributed by atoms with Crippen molar-refractivity contribution in [3.63, 3.8) is 0 Å². The molecule has 0 aliphatic rings. The average molecular weight is 378 g/mol. The SMILES string of the molecule is NC(=O)OCC(=CF)Cn1ncn(-c2ncc(Br)s2)c1=O. The van der Waals surface area contributed by atoms with E-state index in [1.165, 1.54) is 22.2 Å². The number of rotatable bonds is 5. The van der Waals surface area contributed by atoms with Crippen molar-refractivity contribution < 1.29 is 13.9 Å². The van der Waals surface area contributed by atoms with Gasteiger partial charge in [0, 0.05) is 5.57 Å². The van der Waals surface area contributed by atoms with Crippen LogP contribution in [-0.4, -0.2) is 32.0 Å². The average Bonchev–Trinajstić information content (AvgIpc) is 3.01. The Balaban J connectivity index is 2.17. The van der Waals surface area contributed by atoms with Gasteiger partial charge >= 0.3 is 11.8 Å². The van der Waals surface area contributed by atoms with E-state index in [0.717, 1.165) is 8.47 Å². The number of halogens is 2. The Morgan fingerprint density at radius 3 is 2.95 bits per heavy atom. The molecule has 0 fully saturated rings. The third-order valence-electron chi connectivity index (χ3n) is 2.31. The van der Waals surface area contributed by atoms with Crippen LogP contribution >= 0.6 is 27.3 Å². The number of primary amides is 1. The lowest BCUT2D eigenvalue weighted by Gasteiger charge is -2.04. The Morgan fingerprint density at radius 1 is 1.62 bits per heavy atom. The van der Waals surface area contributed by atoms with Crippen LogP contribution in [0.25, 0.3) is 5.13 Å². The van der Waals surface area contributed by atoms with Crippen molar-refractivity contribution in [1.82, 2.24) is 19.3 Å². The predicted octanol–water partition coefficient (Wildman–Crippen LogP) is 1.20. The Bertz CT molecular complexity index is 737. The third kappa shape index (κ3) is 3.76. The fourth-order valence-corrected chi connectivity index (χ4v) is 2.55. The molecule has 0 saturated heterocycles. The van der Waals surface area contributed by atoms with Crippen LogP contribution in [0.4, 0.5) is 9.18 Å². The van der Waals surface area contributed by atoms with Gasteiger partial charge in [-0.1, -0.05) is 11.3 Å². The van der Waals surface area contributed by atoms with Gasteiger partial charge in [0.05, 0.1) is 22.9 Å². The monoisotopic (exact) mass is 377 g/mol. The molecular weight excluding hydrogens is 369 g/mol. The second kappa shape index (κ2) is 6.63. The lowest BCUT2D eigenvalue weighted by Crippen LogP contribution is -2.26. The van der Waals surface area contributed by atoms with Crippen molar-refractivity contribution >= 4 is 33.4 Å². The minimum absolute atomic E-state index is 0.0430. The van der Waals surface area contributed by atoms with E-state index in [1.54, 1.807) is 6.20 Å². The number of amides is 1. The molecule has 8 nitrogen and oxygen atoms in total. The zero-order chi connectivity index (χ0) is 15.4. The van der Waals surface area contributed by atoms with E-state index < -0.39 is 11.8 Å². The third-order valence-corrected chi connectivity index (χ3v) is 3.79. The summed E-state index contributed by atoms with van der Waals surface area (Å²) in [4.78, 5) is 26.6. The standard InChI is InChI=1S/C10H9BrFN5O3S/c11-7-2-14-9(21-7)16-5-15-17(10(16)19)3-6(1-12)4-20-8(13)18/h1-2,5H,3-4H2,(H2,13,18). The number of thiazole rings is 1. The molecular formula is C10H9BrFN5O3S. The van der Waals surface area contributed by atoms with Crippen molar-refractivity contribution in [1.29, 1.82) is 0 Å². The van der Waals surface area contributed by atoms with Gasteiger partial charge < -0.3 is 10.5 Å². The van der Waals surface area contributed by atoms with Crippen LogP contribution in [0.2, 0.25) is 0 Å². The zero-order valence-corrected chi connectivity index (χ0v) is 12.8. The van der Waals surface area contributed by atoms with E-state index in [1.807, 2.05) is 0 Å². The number of carbonyl (C=O) groups excluding carboxylic acids is 1. The largest absolute Gasteiger partial charge is 0.445 e. The summed E-state index contributed by atoms with van der Waals surface area (Å²) in [5.74, 6) is 0. The van der Waals surface area contributed by atoms with Gasteiger partial charge in [-0.25, -0.2) is 28.2 Å². The Hall–Kier alpha value is -2.01. The molecule has 0 aliphatic heterocycles. The summed E-state index contributed by atoms with van der Waals surface area (Å²) < 4.78 is 20.2. The number of hydrogen-bond donors (Lipinski definition) is 1. The second-order valence-corrected chi connectivity index (χ2v) is 6.15. The maximum absolute atomic E-state index is 12.7. The molecule has 2 aromatic heterocycles. The summed E-state index contributed by atoms with van der Waals surface area (Å²) in [5, 5.41) is 4.28. The van der Waals surface area contributed by atoms with Crippen LogP contribution in [-0.2, 0) is 11.3 Å². The topological polar surface area (TPSA) is 105 Å². The molecule has 0 bridgehead atoms. The molecule has 21 heavy (non-hydrogen) atoms. The number of ether oxygens (including phenoxy) is 1. The maximum Gasteiger partial charge on any atom is 0.404 e. The van der Waals surface area contributed by atoms with E-state index in [0.29, 0.717) is 5.13 Å². The minimum atomic E-state index is -1.03. The summed E-state index contributed by atoms with van der Waals surface area (Å²) in [6.07, 6.45) is 2.05. The number of aromatic nitrogens is 4. The Labute approximate surface area is 129 Å². The Morgan fingerprint density at radius 2 is 2.38 bits per heavy atom. The quantitative estimate of drug-likeness (QED) is 0.842. The Kier molecular flexibility index (Phi) is 4.85. The van der Waals surface area contributed by atoms with Gasteiger partial charge in [0.25, 0.3) is 0 Å². The number of hydrogen-bond acceptors (Lipinski definition) is 6. The zero-order valence-electron chi connectivity index (χ0n) is 10.4. The lowest BCUT2D eigenvalue weighted by atomic mass is 10.3. The van der Waals surface area contributed by atoms with Crippen molar-refractivity contribution in [2.75, 3.05) is 6.61 Å². The van der Waals surface area contributed by atoms with Crippen LogP contribution in [0.1, 0.15) is 0 Å². The molecule has 2 N–H and O–H groups in total. The van der Waals surface area contributed by atoms with E-state index in [2.05, 4.69) is 30.7 Å². The number of nitrogens with zero attached hydrogens (tertiary/aromatic N) is 4. The molecule has 0 spiro atoms. The van der Waals surface area contributed by atoms with Crippen LogP contribution in [0.3, 0.4) is 0 Å². The van der Waals surface area contributed by atoms with Gasteiger partial charge in [-0.3, -0.25) is 0 Å². The summed E-state index contributed by atoms with van der Waals surface area (Å²) in [6, 6.07) is 0. The molecule has 112 valence electrons. The molecule has 0 saturated carbocycles. The smallest absolute Gasteiger partial charge is 0.404 e. The highest BCUT2D eigenvalue weighted by Gasteiger charge is 2.12. The lowest BCUT2D eigenvalue weighted by molar-refractivity contribution is 0.164. The van der Waals surface area contributed by atoms with Crippen LogP contribution in [0.15, 0.2) is 33.0 Å². The number of carbonyl (C=O) groups is 1. The highest BCUT2D eigenvalue weighted by Crippen LogP contribution is 2.20. The van der Waals surface area contributed by atoms with Gasteiger partial charge in [-0.2, -0.15) is 5.10 Å². The summed E-state index contributed by atoms with van der Waals surface area (Å²) in [5.41, 5.74) is 4.34. The summed E-state index contributed by atoms with van der Waals surface area (Å²) in [7, 11) is 0. The van der Waals surface area contributed by atoms with Gasteiger partial charge in [-0.05, 0) is 15.9 Å². The molecule has 11 heteroatoms. The summed E-state index contributed by atoms with van der Waals surface area (Å²) >= 11 is 4.49. The second-order valence-electron chi connectivity index (χ2n) is 3.76. The minimum Gasteiger partial charge on any atom is -0.445 e. The first kappa shape index (κ1) is 15.4. The highest BCUT2D eigenvalue weighted by molar-refractivity contribution is 9.11. The van der Waals surface area contributed by atoms with Gasteiger partial charge in [0.2, 0.25) is 0 Å². The van der Waals surface area contributed by atoms with E-state index in [9.17, 15) is 14.0 Å². The fraction of sp³-hybridized carbons (Fsp3) is 0.200. The summed E-state index contributed by atoms with van der Waals surface area (Å²) in [6.45, 7) is -0.518. The molecule has 1 amide bonds. The molecule has 0 aliphatic carbocycles. The number of nitrogens with two attached hydrogens (primary N) is 1. The van der Waals surface area contributed by atoms with Crippen LogP contribution in [0.5, 0.6) is 0 Å². The van der Waals surface area contributed by atoms with E-state index in [-0.39, 0.29) is 25.1 Å². The van der Waals surface area contributed by atoms with Gasteiger partial charge in [0.15, 0.2) is 5.13 Å². The van der Waals surface area contributed by atoms with Crippen molar-refractivity contribution in [3.8, 4) is 5.13 Å². The predicted molar refractivity (Wildman–Crippen MR) is 75.9 cm³/mol. The first-order chi connectivity index (χ1) is 10.0.